The van der Waals surface area contributed by atoms with Crippen molar-refractivity contribution < 1.29 is 9.47 Å². The first-order valence-corrected chi connectivity index (χ1v) is 7.21. The molecule has 2 aromatic carbocycles. The van der Waals surface area contributed by atoms with Gasteiger partial charge >= 0.3 is 0 Å². The van der Waals surface area contributed by atoms with Gasteiger partial charge in [0.1, 0.15) is 23.9 Å². The number of nitrogens with one attached hydrogen (secondary N) is 1. The molecule has 0 aliphatic rings. The third-order valence-corrected chi connectivity index (χ3v) is 3.98. The molecule has 21 heavy (non-hydrogen) atoms. The van der Waals surface area contributed by atoms with E-state index in [0.29, 0.717) is 17.9 Å². The summed E-state index contributed by atoms with van der Waals surface area (Å²) in [5, 5.41) is 7.49. The summed E-state index contributed by atoms with van der Waals surface area (Å²) < 4.78 is 12.1. The molecule has 0 unspecified atom stereocenters. The zero-order valence-electron chi connectivity index (χ0n) is 11.9. The number of hydrogen-bond acceptors (Lipinski definition) is 3. The van der Waals surface area contributed by atoms with E-state index < -0.39 is 0 Å². The van der Waals surface area contributed by atoms with Gasteiger partial charge in [0.25, 0.3) is 0 Å². The highest BCUT2D eigenvalue weighted by molar-refractivity contribution is 9.10. The van der Waals surface area contributed by atoms with Gasteiger partial charge in [0.05, 0.1) is 12.7 Å². The van der Waals surface area contributed by atoms with Crippen molar-refractivity contribution in [2.45, 2.75) is 13.5 Å². The lowest BCUT2D eigenvalue weighted by atomic mass is 10.1. The number of rotatable bonds is 5. The number of aryl methyl sites for hydroxylation is 1. The third-order valence-electron chi connectivity index (χ3n) is 3.09. The van der Waals surface area contributed by atoms with Crippen LogP contribution in [0.15, 0.2) is 40.9 Å². The van der Waals surface area contributed by atoms with E-state index in [-0.39, 0.29) is 5.84 Å². The van der Waals surface area contributed by atoms with E-state index >= 15 is 0 Å². The summed E-state index contributed by atoms with van der Waals surface area (Å²) in [6, 6.07) is 11.3. The zero-order valence-corrected chi connectivity index (χ0v) is 13.5. The highest BCUT2D eigenvalue weighted by Crippen LogP contribution is 2.24. The average Bonchev–Trinajstić information content (AvgIpc) is 2.48. The monoisotopic (exact) mass is 348 g/mol. The summed E-state index contributed by atoms with van der Waals surface area (Å²) in [4.78, 5) is 0. The fourth-order valence-corrected chi connectivity index (χ4v) is 2.17. The minimum absolute atomic E-state index is 0.0112. The van der Waals surface area contributed by atoms with Crippen molar-refractivity contribution in [3.63, 3.8) is 0 Å². The molecule has 0 saturated carbocycles. The second-order valence-corrected chi connectivity index (χ2v) is 5.50. The predicted octanol–water partition coefficient (Wildman–Crippen LogP) is 3.63. The van der Waals surface area contributed by atoms with Gasteiger partial charge in [-0.3, -0.25) is 5.41 Å². The molecule has 2 aromatic rings. The second kappa shape index (κ2) is 6.63. The van der Waals surface area contributed by atoms with Gasteiger partial charge in [-0.2, -0.15) is 0 Å². The maximum atomic E-state index is 7.49. The number of nitrogens with two attached hydrogens (primary N) is 1. The Morgan fingerprint density at radius 3 is 2.62 bits per heavy atom. The molecular weight excluding hydrogens is 332 g/mol. The quantitative estimate of drug-likeness (QED) is 0.640. The molecule has 0 fully saturated rings. The Bertz CT molecular complexity index is 671. The number of ether oxygens (including phenoxy) is 2. The standard InChI is InChI=1S/C16H17BrN2O2/c1-10-7-12(4-6-14(10)17)21-9-11-3-5-13(16(18)19)15(8-11)20-2/h3-8H,9H2,1-2H3,(H3,18,19). The topological polar surface area (TPSA) is 68.3 Å². The van der Waals surface area contributed by atoms with E-state index in [2.05, 4.69) is 15.9 Å². The first-order chi connectivity index (χ1) is 10.0. The van der Waals surface area contributed by atoms with Crippen LogP contribution in [0.5, 0.6) is 11.5 Å². The van der Waals surface area contributed by atoms with Crippen molar-refractivity contribution >= 4 is 21.8 Å². The van der Waals surface area contributed by atoms with Gasteiger partial charge in [-0.15, -0.1) is 0 Å². The number of nitrogen functional groups attached to an aromatic ring is 1. The summed E-state index contributed by atoms with van der Waals surface area (Å²) in [7, 11) is 1.56. The van der Waals surface area contributed by atoms with Crippen LogP contribution in [0.2, 0.25) is 0 Å². The molecule has 3 N–H and O–H groups in total. The number of benzene rings is 2. The Hall–Kier alpha value is -2.01. The van der Waals surface area contributed by atoms with Gasteiger partial charge in [0.15, 0.2) is 0 Å². The lowest BCUT2D eigenvalue weighted by Crippen LogP contribution is -2.12. The van der Waals surface area contributed by atoms with E-state index in [1.165, 1.54) is 0 Å². The van der Waals surface area contributed by atoms with Crippen LogP contribution >= 0.6 is 15.9 Å². The molecule has 2 rings (SSSR count). The molecule has 0 radical (unpaired) electrons. The molecule has 0 saturated heterocycles. The van der Waals surface area contributed by atoms with E-state index in [1.54, 1.807) is 13.2 Å². The molecule has 0 heterocycles. The van der Waals surface area contributed by atoms with Crippen LogP contribution in [0.25, 0.3) is 0 Å². The van der Waals surface area contributed by atoms with Crippen LogP contribution in [-0.4, -0.2) is 12.9 Å². The Kier molecular flexibility index (Phi) is 4.85. The predicted molar refractivity (Wildman–Crippen MR) is 87.2 cm³/mol. The normalized spacial score (nSPS) is 10.2. The minimum atomic E-state index is -0.0112. The molecule has 0 amide bonds. The average molecular weight is 349 g/mol. The number of amidine groups is 1. The molecule has 0 aliphatic carbocycles. The van der Waals surface area contributed by atoms with Crippen molar-refractivity contribution in [3.05, 3.63) is 57.6 Å². The van der Waals surface area contributed by atoms with E-state index in [9.17, 15) is 0 Å². The smallest absolute Gasteiger partial charge is 0.130 e. The van der Waals surface area contributed by atoms with Gasteiger partial charge in [-0.1, -0.05) is 22.0 Å². The van der Waals surface area contributed by atoms with Crippen LogP contribution < -0.4 is 15.2 Å². The highest BCUT2D eigenvalue weighted by atomic mass is 79.9. The molecule has 0 aliphatic heterocycles. The van der Waals surface area contributed by atoms with Crippen molar-refractivity contribution in [2.24, 2.45) is 5.73 Å². The van der Waals surface area contributed by atoms with Gasteiger partial charge in [0, 0.05) is 4.47 Å². The van der Waals surface area contributed by atoms with E-state index in [1.807, 2.05) is 37.3 Å². The van der Waals surface area contributed by atoms with Crippen molar-refractivity contribution in [1.29, 1.82) is 5.41 Å². The molecular formula is C16H17BrN2O2. The van der Waals surface area contributed by atoms with Crippen LogP contribution in [0.3, 0.4) is 0 Å². The van der Waals surface area contributed by atoms with Gasteiger partial charge < -0.3 is 15.2 Å². The van der Waals surface area contributed by atoms with Gasteiger partial charge in [-0.25, -0.2) is 0 Å². The maximum absolute atomic E-state index is 7.49. The summed E-state index contributed by atoms with van der Waals surface area (Å²) in [5.41, 5.74) is 8.17. The van der Waals surface area contributed by atoms with Gasteiger partial charge in [-0.05, 0) is 48.4 Å². The summed E-state index contributed by atoms with van der Waals surface area (Å²) in [5.74, 6) is 1.38. The molecule has 0 bridgehead atoms. The summed E-state index contributed by atoms with van der Waals surface area (Å²) in [6.45, 7) is 2.44. The van der Waals surface area contributed by atoms with Crippen molar-refractivity contribution in [2.75, 3.05) is 7.11 Å². The van der Waals surface area contributed by atoms with Gasteiger partial charge in [0.2, 0.25) is 0 Å². The number of halogens is 1. The largest absolute Gasteiger partial charge is 0.496 e. The second-order valence-electron chi connectivity index (χ2n) is 4.65. The number of hydrogen-bond donors (Lipinski definition) is 2. The molecule has 0 spiro atoms. The van der Waals surface area contributed by atoms with E-state index in [4.69, 9.17) is 20.6 Å². The third kappa shape index (κ3) is 3.76. The van der Waals surface area contributed by atoms with Crippen molar-refractivity contribution in [3.8, 4) is 11.5 Å². The maximum Gasteiger partial charge on any atom is 0.130 e. The summed E-state index contributed by atoms with van der Waals surface area (Å²) in [6.07, 6.45) is 0. The van der Waals surface area contributed by atoms with Crippen LogP contribution in [-0.2, 0) is 6.61 Å². The minimum Gasteiger partial charge on any atom is -0.496 e. The molecule has 0 atom stereocenters. The Labute approximate surface area is 132 Å². The Balaban J connectivity index is 2.13. The van der Waals surface area contributed by atoms with Crippen LogP contribution in [0.1, 0.15) is 16.7 Å². The lowest BCUT2D eigenvalue weighted by molar-refractivity contribution is 0.305. The Morgan fingerprint density at radius 1 is 1.24 bits per heavy atom. The van der Waals surface area contributed by atoms with Crippen molar-refractivity contribution in [1.82, 2.24) is 0 Å². The van der Waals surface area contributed by atoms with Crippen LogP contribution in [0.4, 0.5) is 0 Å². The fourth-order valence-electron chi connectivity index (χ4n) is 1.92. The molecule has 5 heteroatoms. The Morgan fingerprint density at radius 2 is 2.00 bits per heavy atom. The van der Waals surface area contributed by atoms with E-state index in [0.717, 1.165) is 21.3 Å². The highest BCUT2D eigenvalue weighted by Gasteiger charge is 2.07. The first-order valence-electron chi connectivity index (χ1n) is 6.41. The zero-order chi connectivity index (χ0) is 15.4. The molecule has 4 nitrogen and oxygen atoms in total. The fraction of sp³-hybridized carbons (Fsp3) is 0.188. The molecule has 110 valence electrons. The summed E-state index contributed by atoms with van der Waals surface area (Å²) >= 11 is 3.46. The number of methoxy groups -OCH3 is 1. The first kappa shape index (κ1) is 15.4. The lowest BCUT2D eigenvalue weighted by Gasteiger charge is -2.11. The molecule has 0 aromatic heterocycles. The van der Waals surface area contributed by atoms with Crippen LogP contribution in [0, 0.1) is 12.3 Å². The SMILES string of the molecule is COc1cc(COc2ccc(Br)c(C)c2)ccc1C(=N)N.